The maximum Gasteiger partial charge on any atom is 0.193 e. The second-order valence-corrected chi connectivity index (χ2v) is 9.92. The predicted octanol–water partition coefficient (Wildman–Crippen LogP) is 7.11. The van der Waals surface area contributed by atoms with Crippen LogP contribution in [-0.2, 0) is 5.41 Å². The quantitative estimate of drug-likeness (QED) is 0.262. The lowest BCUT2D eigenvalue weighted by Gasteiger charge is -2.34. The molecule has 0 bridgehead atoms. The molecular weight excluding hydrogens is 442 g/mol. The summed E-state index contributed by atoms with van der Waals surface area (Å²) in [6.45, 7) is 4.43. The lowest BCUT2D eigenvalue weighted by atomic mass is 9.75. The number of hydrogen-bond acceptors (Lipinski definition) is 3. The Morgan fingerprint density at radius 1 is 0.750 bits per heavy atom. The highest BCUT2D eigenvalue weighted by molar-refractivity contribution is 6.16. The van der Waals surface area contributed by atoms with E-state index in [1.807, 2.05) is 79.3 Å². The summed E-state index contributed by atoms with van der Waals surface area (Å²) in [7, 11) is 0. The van der Waals surface area contributed by atoms with Crippen LogP contribution in [0.2, 0.25) is 0 Å². The number of pyridine rings is 2. The smallest absolute Gasteiger partial charge is 0.193 e. The molecule has 3 aromatic carbocycles. The minimum absolute atomic E-state index is 0.0236. The number of carbonyl (C=O) groups excluding carboxylic acids is 1. The summed E-state index contributed by atoms with van der Waals surface area (Å²) in [4.78, 5) is 23.0. The van der Waals surface area contributed by atoms with E-state index in [0.717, 1.165) is 49.9 Å². The summed E-state index contributed by atoms with van der Waals surface area (Å²) < 4.78 is 2.20. The first-order chi connectivity index (χ1) is 17.5. The lowest BCUT2D eigenvalue weighted by Crippen LogP contribution is -2.27. The van der Waals surface area contributed by atoms with E-state index < -0.39 is 0 Å². The van der Waals surface area contributed by atoms with Gasteiger partial charge < -0.3 is 0 Å². The molecule has 36 heavy (non-hydrogen) atoms. The van der Waals surface area contributed by atoms with Crippen molar-refractivity contribution >= 4 is 27.6 Å². The molecule has 172 valence electrons. The third-order valence-electron chi connectivity index (χ3n) is 7.53. The molecule has 3 aromatic heterocycles. The van der Waals surface area contributed by atoms with Crippen molar-refractivity contribution in [2.75, 3.05) is 0 Å². The van der Waals surface area contributed by atoms with Gasteiger partial charge in [0.2, 0.25) is 0 Å². The monoisotopic (exact) mass is 465 g/mol. The standard InChI is InChI=1S/C32H23N3O/c1-32(2)26-9-6-15-34-31(26)35-28-19-33-16-14-24(28)25-17-23(18-27(32)29(25)35)30(36)22-12-10-21(11-13-22)20-7-4-3-5-8-20/h3-19H,1-2H3. The van der Waals surface area contributed by atoms with E-state index >= 15 is 0 Å². The second kappa shape index (κ2) is 7.46. The average Bonchev–Trinajstić information content (AvgIpc) is 3.26. The molecule has 0 atom stereocenters. The van der Waals surface area contributed by atoms with Gasteiger partial charge in [0.25, 0.3) is 0 Å². The van der Waals surface area contributed by atoms with Gasteiger partial charge in [-0.2, -0.15) is 0 Å². The number of benzene rings is 3. The molecule has 6 aromatic rings. The minimum Gasteiger partial charge on any atom is -0.292 e. The van der Waals surface area contributed by atoms with Crippen LogP contribution in [0, 0.1) is 0 Å². The van der Waals surface area contributed by atoms with E-state index in [9.17, 15) is 4.79 Å². The highest BCUT2D eigenvalue weighted by atomic mass is 16.1. The van der Waals surface area contributed by atoms with Crippen LogP contribution in [0.25, 0.3) is 38.8 Å². The van der Waals surface area contributed by atoms with Crippen molar-refractivity contribution in [2.45, 2.75) is 19.3 Å². The molecule has 0 radical (unpaired) electrons. The number of hydrogen-bond donors (Lipinski definition) is 0. The van der Waals surface area contributed by atoms with Crippen molar-refractivity contribution in [2.24, 2.45) is 0 Å². The summed E-state index contributed by atoms with van der Waals surface area (Å²) >= 11 is 0. The first-order valence-corrected chi connectivity index (χ1v) is 12.1. The van der Waals surface area contributed by atoms with Gasteiger partial charge in [-0.05, 0) is 41.0 Å². The zero-order valence-corrected chi connectivity index (χ0v) is 20.1. The highest BCUT2D eigenvalue weighted by Crippen LogP contribution is 2.47. The molecule has 4 nitrogen and oxygen atoms in total. The summed E-state index contributed by atoms with van der Waals surface area (Å²) in [5.41, 5.74) is 7.66. The molecule has 0 amide bonds. The number of aromatic nitrogens is 3. The van der Waals surface area contributed by atoms with E-state index in [4.69, 9.17) is 4.98 Å². The van der Waals surface area contributed by atoms with E-state index in [-0.39, 0.29) is 11.2 Å². The molecule has 0 aliphatic carbocycles. The number of fused-ring (bicyclic) bond motifs is 5. The van der Waals surface area contributed by atoms with Gasteiger partial charge in [0, 0.05) is 45.3 Å². The van der Waals surface area contributed by atoms with E-state index in [1.54, 1.807) is 0 Å². The Hall–Kier alpha value is -4.57. The zero-order chi connectivity index (χ0) is 24.4. The Labute approximate surface area is 208 Å². The Balaban J connectivity index is 1.44. The summed E-state index contributed by atoms with van der Waals surface area (Å²) in [5, 5.41) is 2.13. The topological polar surface area (TPSA) is 47.8 Å². The van der Waals surface area contributed by atoms with Gasteiger partial charge >= 0.3 is 0 Å². The molecule has 4 heteroatoms. The van der Waals surface area contributed by atoms with Crippen LogP contribution in [0.5, 0.6) is 0 Å². The number of rotatable bonds is 3. The van der Waals surface area contributed by atoms with Gasteiger partial charge in [0.05, 0.1) is 17.2 Å². The number of nitrogens with zero attached hydrogens (tertiary/aromatic N) is 3. The predicted molar refractivity (Wildman–Crippen MR) is 144 cm³/mol. The third kappa shape index (κ3) is 2.85. The van der Waals surface area contributed by atoms with Gasteiger partial charge in [-0.3, -0.25) is 14.3 Å². The Bertz CT molecular complexity index is 1810. The van der Waals surface area contributed by atoms with Crippen LogP contribution in [0.3, 0.4) is 0 Å². The van der Waals surface area contributed by atoms with Gasteiger partial charge in [0.15, 0.2) is 5.78 Å². The largest absolute Gasteiger partial charge is 0.292 e. The fourth-order valence-corrected chi connectivity index (χ4v) is 5.64. The molecule has 1 aliphatic heterocycles. The van der Waals surface area contributed by atoms with Crippen molar-refractivity contribution in [3.8, 4) is 16.9 Å². The minimum atomic E-state index is -0.312. The Kier molecular flexibility index (Phi) is 4.31. The highest BCUT2D eigenvalue weighted by Gasteiger charge is 2.36. The maximum absolute atomic E-state index is 13.8. The molecule has 1 aliphatic rings. The fraction of sp³-hybridized carbons (Fsp3) is 0.0938. The van der Waals surface area contributed by atoms with E-state index in [2.05, 4.69) is 47.7 Å². The summed E-state index contributed by atoms with van der Waals surface area (Å²) in [6.07, 6.45) is 5.54. The van der Waals surface area contributed by atoms with Gasteiger partial charge in [0.1, 0.15) is 5.82 Å². The van der Waals surface area contributed by atoms with Crippen molar-refractivity contribution in [3.63, 3.8) is 0 Å². The molecular formula is C32H23N3O. The molecule has 0 spiro atoms. The van der Waals surface area contributed by atoms with Crippen LogP contribution in [0.1, 0.15) is 40.9 Å². The fourth-order valence-electron chi connectivity index (χ4n) is 5.64. The first kappa shape index (κ1) is 20.8. The second-order valence-electron chi connectivity index (χ2n) is 9.92. The lowest BCUT2D eigenvalue weighted by molar-refractivity contribution is 0.103. The van der Waals surface area contributed by atoms with Crippen molar-refractivity contribution in [1.82, 2.24) is 14.5 Å². The van der Waals surface area contributed by atoms with Crippen molar-refractivity contribution in [3.05, 3.63) is 126 Å². The van der Waals surface area contributed by atoms with Crippen LogP contribution in [-0.4, -0.2) is 20.3 Å². The molecule has 0 N–H and O–H groups in total. The van der Waals surface area contributed by atoms with Crippen LogP contribution < -0.4 is 0 Å². The van der Waals surface area contributed by atoms with Crippen molar-refractivity contribution in [1.29, 1.82) is 0 Å². The van der Waals surface area contributed by atoms with Gasteiger partial charge in [-0.15, -0.1) is 0 Å². The number of carbonyl (C=O) groups is 1. The third-order valence-corrected chi connectivity index (χ3v) is 7.53. The van der Waals surface area contributed by atoms with Gasteiger partial charge in [-0.25, -0.2) is 4.98 Å². The van der Waals surface area contributed by atoms with Crippen LogP contribution in [0.15, 0.2) is 104 Å². The molecule has 7 rings (SSSR count). The van der Waals surface area contributed by atoms with E-state index in [1.165, 1.54) is 0 Å². The molecule has 0 unspecified atom stereocenters. The Morgan fingerprint density at radius 3 is 2.33 bits per heavy atom. The zero-order valence-electron chi connectivity index (χ0n) is 20.1. The Morgan fingerprint density at radius 2 is 1.53 bits per heavy atom. The van der Waals surface area contributed by atoms with Crippen LogP contribution >= 0.6 is 0 Å². The molecule has 4 heterocycles. The average molecular weight is 466 g/mol. The first-order valence-electron chi connectivity index (χ1n) is 12.1. The maximum atomic E-state index is 13.8. The van der Waals surface area contributed by atoms with Crippen molar-refractivity contribution < 1.29 is 4.79 Å². The molecule has 0 saturated heterocycles. The molecule has 0 saturated carbocycles. The number of ketones is 1. The normalized spacial score (nSPS) is 13.6. The SMILES string of the molecule is CC1(C)c2cccnc2-n2c3cnccc3c3cc(C(=O)c4ccc(-c5ccccc5)cc4)cc1c32. The van der Waals surface area contributed by atoms with Crippen LogP contribution in [0.4, 0.5) is 0 Å². The summed E-state index contributed by atoms with van der Waals surface area (Å²) in [5.74, 6) is 0.953. The van der Waals surface area contributed by atoms with E-state index in [0.29, 0.717) is 11.1 Å². The van der Waals surface area contributed by atoms with Gasteiger partial charge in [-0.1, -0.05) is 74.5 Å². The summed E-state index contributed by atoms with van der Waals surface area (Å²) in [6, 6.07) is 28.4. The molecule has 0 fully saturated rings.